The van der Waals surface area contributed by atoms with Gasteiger partial charge in [0, 0.05) is 38.2 Å². The van der Waals surface area contributed by atoms with Crippen molar-refractivity contribution >= 4 is 34.4 Å². The van der Waals surface area contributed by atoms with E-state index in [0.717, 1.165) is 39.5 Å². The minimum atomic E-state index is -0.385. The zero-order chi connectivity index (χ0) is 20.0. The number of aryl methyl sites for hydroxylation is 2. The smallest absolute Gasteiger partial charge is 0.161 e. The highest BCUT2D eigenvalue weighted by Crippen LogP contribution is 2.47. The van der Waals surface area contributed by atoms with Crippen molar-refractivity contribution in [3.05, 3.63) is 73.3 Å². The average Bonchev–Trinajstić information content (AvgIpc) is 3.09. The van der Waals surface area contributed by atoms with Crippen LogP contribution in [-0.4, -0.2) is 5.78 Å². The molecule has 142 valence electrons. The van der Waals surface area contributed by atoms with Crippen molar-refractivity contribution in [2.24, 2.45) is 5.73 Å². The Morgan fingerprint density at radius 1 is 1.25 bits per heavy atom. The topological polar surface area (TPSA) is 70.1 Å². The molecule has 0 saturated heterocycles. The summed E-state index contributed by atoms with van der Waals surface area (Å²) in [7, 11) is 0. The van der Waals surface area contributed by atoms with Gasteiger partial charge in [-0.1, -0.05) is 17.7 Å². The van der Waals surface area contributed by atoms with E-state index in [1.807, 2.05) is 49.1 Å². The Hall–Kier alpha value is -2.55. The van der Waals surface area contributed by atoms with Gasteiger partial charge in [0.2, 0.25) is 0 Å². The Labute approximate surface area is 173 Å². The molecule has 2 N–H and O–H groups in total. The summed E-state index contributed by atoms with van der Waals surface area (Å²) in [4.78, 5) is 17.0. The molecule has 0 radical (unpaired) electrons. The third kappa shape index (κ3) is 2.94. The number of ketones is 1. The summed E-state index contributed by atoms with van der Waals surface area (Å²) < 4.78 is 0. The molecule has 28 heavy (non-hydrogen) atoms. The first-order valence-electron chi connectivity index (χ1n) is 9.21. The van der Waals surface area contributed by atoms with Crippen molar-refractivity contribution in [3.8, 4) is 6.07 Å². The van der Waals surface area contributed by atoms with E-state index in [2.05, 4.69) is 6.07 Å². The summed E-state index contributed by atoms with van der Waals surface area (Å²) in [5.41, 5.74) is 10.3. The number of carbonyl (C=O) groups excluding carboxylic acids is 1. The average molecular weight is 410 g/mol. The zero-order valence-corrected chi connectivity index (χ0v) is 17.3. The third-order valence-corrected chi connectivity index (χ3v) is 6.85. The van der Waals surface area contributed by atoms with Gasteiger partial charge in [0.15, 0.2) is 5.78 Å². The lowest BCUT2D eigenvalue weighted by Crippen LogP contribution is -2.38. The van der Waals surface area contributed by atoms with Crippen LogP contribution in [0.25, 0.3) is 0 Å². The van der Waals surface area contributed by atoms with E-state index in [-0.39, 0.29) is 11.7 Å². The lowest BCUT2D eigenvalue weighted by Gasteiger charge is -2.39. The van der Waals surface area contributed by atoms with Crippen LogP contribution >= 0.6 is 22.9 Å². The van der Waals surface area contributed by atoms with Crippen molar-refractivity contribution < 1.29 is 4.79 Å². The molecule has 4 nitrogen and oxygen atoms in total. The van der Waals surface area contributed by atoms with Crippen LogP contribution in [0.3, 0.4) is 0 Å². The molecule has 1 aliphatic heterocycles. The maximum absolute atomic E-state index is 13.0. The summed E-state index contributed by atoms with van der Waals surface area (Å²) in [6.45, 7) is 3.96. The Morgan fingerprint density at radius 3 is 2.68 bits per heavy atom. The minimum absolute atomic E-state index is 0.0979. The van der Waals surface area contributed by atoms with Crippen LogP contribution in [0.5, 0.6) is 0 Å². The summed E-state index contributed by atoms with van der Waals surface area (Å²) in [5.74, 6) is 0.0938. The van der Waals surface area contributed by atoms with Crippen molar-refractivity contribution in [1.29, 1.82) is 5.26 Å². The molecule has 1 aromatic carbocycles. The van der Waals surface area contributed by atoms with Crippen molar-refractivity contribution in [1.82, 2.24) is 0 Å². The van der Waals surface area contributed by atoms with Crippen molar-refractivity contribution in [2.75, 3.05) is 4.90 Å². The molecule has 0 spiro atoms. The van der Waals surface area contributed by atoms with E-state index in [9.17, 15) is 10.1 Å². The van der Waals surface area contributed by atoms with Crippen molar-refractivity contribution in [3.63, 3.8) is 0 Å². The van der Waals surface area contributed by atoms with E-state index >= 15 is 0 Å². The van der Waals surface area contributed by atoms with Crippen LogP contribution < -0.4 is 10.6 Å². The van der Waals surface area contributed by atoms with Crippen LogP contribution in [0.15, 0.2) is 53.0 Å². The van der Waals surface area contributed by atoms with Gasteiger partial charge in [0.25, 0.3) is 0 Å². The second kappa shape index (κ2) is 7.12. The lowest BCUT2D eigenvalue weighted by molar-refractivity contribution is -0.116. The Morgan fingerprint density at radius 2 is 2.04 bits per heavy atom. The SMILES string of the molecule is Cc1ccc(C2C(C#N)=C(N)N(c3ccc(C)c(Cl)c3)C3=C2C(=O)CCC3)s1. The summed E-state index contributed by atoms with van der Waals surface area (Å²) in [6, 6.07) is 12.0. The largest absolute Gasteiger partial charge is 0.384 e. The first-order valence-corrected chi connectivity index (χ1v) is 10.4. The first kappa shape index (κ1) is 18.8. The van der Waals surface area contributed by atoms with E-state index in [0.29, 0.717) is 28.4 Å². The number of allylic oxidation sites excluding steroid dienone is 3. The maximum atomic E-state index is 13.0. The molecule has 2 heterocycles. The zero-order valence-electron chi connectivity index (χ0n) is 15.8. The molecular weight excluding hydrogens is 390 g/mol. The Balaban J connectivity index is 1.97. The maximum Gasteiger partial charge on any atom is 0.161 e. The molecule has 1 atom stereocenters. The molecule has 0 fully saturated rings. The normalized spacial score (nSPS) is 19.7. The van der Waals surface area contributed by atoms with Gasteiger partial charge in [-0.25, -0.2) is 0 Å². The van der Waals surface area contributed by atoms with Gasteiger partial charge in [-0.3, -0.25) is 9.69 Å². The monoisotopic (exact) mass is 409 g/mol. The summed E-state index contributed by atoms with van der Waals surface area (Å²) in [5, 5.41) is 10.6. The van der Waals surface area contributed by atoms with E-state index in [1.54, 1.807) is 11.3 Å². The minimum Gasteiger partial charge on any atom is -0.384 e. The number of hydrogen-bond acceptors (Lipinski definition) is 5. The summed E-state index contributed by atoms with van der Waals surface area (Å²) >= 11 is 7.96. The van der Waals surface area contributed by atoms with E-state index < -0.39 is 0 Å². The predicted octanol–water partition coefficient (Wildman–Crippen LogP) is 5.32. The quantitative estimate of drug-likeness (QED) is 0.728. The number of nitrogens with two attached hydrogens (primary N) is 1. The molecule has 4 rings (SSSR count). The number of halogens is 1. The fraction of sp³-hybridized carbons (Fsp3) is 0.273. The highest BCUT2D eigenvalue weighted by atomic mass is 35.5. The molecule has 6 heteroatoms. The number of thiophene rings is 1. The van der Waals surface area contributed by atoms with Crippen LogP contribution in [0.1, 0.15) is 40.5 Å². The molecule has 0 saturated carbocycles. The number of rotatable bonds is 2. The number of carbonyl (C=O) groups is 1. The summed E-state index contributed by atoms with van der Waals surface area (Å²) in [6.07, 6.45) is 2.02. The Kier molecular flexibility index (Phi) is 4.78. The molecule has 0 amide bonds. The third-order valence-electron chi connectivity index (χ3n) is 5.37. The second-order valence-corrected chi connectivity index (χ2v) is 8.92. The standard InChI is InChI=1S/C22H20ClN3OS/c1-12-6-8-14(10-16(12)23)26-17-4-3-5-18(27)21(17)20(15(11-24)22(26)25)19-9-7-13(2)28-19/h6-10,20H,3-5,25H2,1-2H3. The Bertz CT molecular complexity index is 1090. The molecule has 0 bridgehead atoms. The van der Waals surface area contributed by atoms with Gasteiger partial charge in [-0.2, -0.15) is 5.26 Å². The van der Waals surface area contributed by atoms with Gasteiger partial charge < -0.3 is 5.73 Å². The molecule has 1 unspecified atom stereocenters. The highest BCUT2D eigenvalue weighted by molar-refractivity contribution is 7.12. The number of nitrogens with zero attached hydrogens (tertiary/aromatic N) is 2. The van der Waals surface area contributed by atoms with Gasteiger partial charge >= 0.3 is 0 Å². The number of Topliss-reactive ketones (excluding diaryl/α,β-unsaturated/α-hetero) is 1. The van der Waals surface area contributed by atoms with Crippen LogP contribution in [-0.2, 0) is 4.79 Å². The molecule has 1 aromatic heterocycles. The van der Waals surface area contributed by atoms with Gasteiger partial charge in [-0.05, 0) is 56.5 Å². The van der Waals surface area contributed by atoms with Gasteiger partial charge in [0.1, 0.15) is 5.82 Å². The van der Waals surface area contributed by atoms with Gasteiger partial charge in [-0.15, -0.1) is 11.3 Å². The molecular formula is C22H20ClN3OS. The van der Waals surface area contributed by atoms with Gasteiger partial charge in [0.05, 0.1) is 17.6 Å². The molecule has 1 aliphatic carbocycles. The fourth-order valence-corrected chi connectivity index (χ4v) is 5.17. The second-order valence-electron chi connectivity index (χ2n) is 7.20. The van der Waals surface area contributed by atoms with E-state index in [1.165, 1.54) is 0 Å². The number of anilines is 1. The fourth-order valence-electron chi connectivity index (χ4n) is 4.00. The number of nitriles is 1. The lowest BCUT2D eigenvalue weighted by atomic mass is 9.78. The number of hydrogen-bond donors (Lipinski definition) is 1. The van der Waals surface area contributed by atoms with Crippen LogP contribution in [0.4, 0.5) is 5.69 Å². The van der Waals surface area contributed by atoms with Crippen LogP contribution in [0.2, 0.25) is 5.02 Å². The van der Waals surface area contributed by atoms with Crippen molar-refractivity contribution in [2.45, 2.75) is 39.0 Å². The highest BCUT2D eigenvalue weighted by Gasteiger charge is 2.40. The molecule has 2 aliphatic rings. The predicted molar refractivity (Wildman–Crippen MR) is 113 cm³/mol. The number of benzene rings is 1. The van der Waals surface area contributed by atoms with E-state index in [4.69, 9.17) is 17.3 Å². The van der Waals surface area contributed by atoms with Crippen LogP contribution in [0, 0.1) is 25.2 Å². The molecule has 2 aromatic rings. The first-order chi connectivity index (χ1) is 13.4.